The molecule has 6 heteroatoms. The normalized spacial score (nSPS) is 19.0. The zero-order valence-electron chi connectivity index (χ0n) is 13.0. The quantitative estimate of drug-likeness (QED) is 0.753. The predicted molar refractivity (Wildman–Crippen MR) is 89.6 cm³/mol. The Morgan fingerprint density at radius 3 is 2.21 bits per heavy atom. The average Bonchev–Trinajstić information content (AvgIpc) is 3.01. The van der Waals surface area contributed by atoms with E-state index >= 15 is 0 Å². The van der Waals surface area contributed by atoms with Gasteiger partial charge in [0.25, 0.3) is 12.4 Å². The highest BCUT2D eigenvalue weighted by atomic mass is 19.1. The maximum absolute atomic E-state index is 13.5. The van der Waals surface area contributed by atoms with Crippen molar-refractivity contribution in [1.29, 1.82) is 0 Å². The number of alkyl halides is 1. The van der Waals surface area contributed by atoms with E-state index in [9.17, 15) is 9.18 Å². The number of hydrogen-bond acceptors (Lipinski definition) is 3. The first-order chi connectivity index (χ1) is 11.7. The van der Waals surface area contributed by atoms with Gasteiger partial charge in [-0.15, -0.1) is 0 Å². The third-order valence-electron chi connectivity index (χ3n) is 3.71. The number of halogens is 1. The predicted octanol–water partition coefficient (Wildman–Crippen LogP) is 2.09. The van der Waals surface area contributed by atoms with Gasteiger partial charge in [0.05, 0.1) is 6.04 Å². The van der Waals surface area contributed by atoms with Crippen LogP contribution in [0.15, 0.2) is 54.6 Å². The molecule has 2 atom stereocenters. The van der Waals surface area contributed by atoms with E-state index in [2.05, 4.69) is 10.6 Å². The van der Waals surface area contributed by atoms with Gasteiger partial charge in [-0.3, -0.25) is 9.59 Å². The van der Waals surface area contributed by atoms with E-state index in [1.807, 2.05) is 42.5 Å². The Morgan fingerprint density at radius 2 is 1.67 bits per heavy atom. The molecule has 0 aromatic heterocycles. The summed E-state index contributed by atoms with van der Waals surface area (Å²) in [7, 11) is 0. The number of benzene rings is 2. The minimum absolute atomic E-state index is 0.231. The Labute approximate surface area is 139 Å². The molecule has 24 heavy (non-hydrogen) atoms. The number of carbonyl (C=O) groups excluding carboxylic acids is 1. The Morgan fingerprint density at radius 1 is 1.08 bits per heavy atom. The van der Waals surface area contributed by atoms with Gasteiger partial charge >= 0.3 is 0 Å². The summed E-state index contributed by atoms with van der Waals surface area (Å²) in [5, 5.41) is 12.5. The molecule has 1 saturated heterocycles. The molecule has 2 aromatic rings. The SMILES string of the molecule is O=C(NC1CNCC1F)c1ccc(-c2ccccc2)cc1.O=CO. The molecule has 0 bridgehead atoms. The summed E-state index contributed by atoms with van der Waals surface area (Å²) in [5.74, 6) is -0.231. The van der Waals surface area contributed by atoms with Gasteiger partial charge < -0.3 is 15.7 Å². The van der Waals surface area contributed by atoms with E-state index < -0.39 is 12.2 Å². The van der Waals surface area contributed by atoms with Crippen LogP contribution in [0.5, 0.6) is 0 Å². The summed E-state index contributed by atoms with van der Waals surface area (Å²) in [6, 6.07) is 16.9. The molecule has 0 saturated carbocycles. The van der Waals surface area contributed by atoms with Crippen LogP contribution in [0.2, 0.25) is 0 Å². The summed E-state index contributed by atoms with van der Waals surface area (Å²) >= 11 is 0. The van der Waals surface area contributed by atoms with E-state index in [-0.39, 0.29) is 12.4 Å². The molecular weight excluding hydrogens is 311 g/mol. The Balaban J connectivity index is 0.000000647. The fourth-order valence-corrected chi connectivity index (χ4v) is 2.48. The average molecular weight is 330 g/mol. The largest absolute Gasteiger partial charge is 0.483 e. The van der Waals surface area contributed by atoms with Crippen LogP contribution in [-0.2, 0) is 4.79 Å². The molecule has 3 N–H and O–H groups in total. The van der Waals surface area contributed by atoms with E-state index in [1.54, 1.807) is 12.1 Å². The Kier molecular flexibility index (Phi) is 6.45. The number of carbonyl (C=O) groups is 2. The molecule has 2 aromatic carbocycles. The van der Waals surface area contributed by atoms with Crippen LogP contribution in [0, 0.1) is 0 Å². The summed E-state index contributed by atoms with van der Waals surface area (Å²) in [5.41, 5.74) is 2.71. The van der Waals surface area contributed by atoms with Crippen LogP contribution in [0.1, 0.15) is 10.4 Å². The van der Waals surface area contributed by atoms with Crippen LogP contribution in [-0.4, -0.2) is 42.8 Å². The lowest BCUT2D eigenvalue weighted by atomic mass is 10.0. The lowest BCUT2D eigenvalue weighted by Crippen LogP contribution is -2.41. The fraction of sp³-hybridized carbons (Fsp3) is 0.222. The van der Waals surface area contributed by atoms with Crippen LogP contribution in [0.25, 0.3) is 11.1 Å². The summed E-state index contributed by atoms with van der Waals surface area (Å²) in [6.45, 7) is 0.535. The van der Waals surface area contributed by atoms with Crippen LogP contribution in [0.4, 0.5) is 4.39 Å². The van der Waals surface area contributed by atoms with E-state index in [4.69, 9.17) is 9.90 Å². The molecule has 5 nitrogen and oxygen atoms in total. The number of hydrogen-bond donors (Lipinski definition) is 3. The molecule has 1 aliphatic rings. The summed E-state index contributed by atoms with van der Waals surface area (Å²) in [4.78, 5) is 20.4. The van der Waals surface area contributed by atoms with Crippen LogP contribution in [0.3, 0.4) is 0 Å². The summed E-state index contributed by atoms with van der Waals surface area (Å²) < 4.78 is 13.5. The second-order valence-electron chi connectivity index (χ2n) is 5.30. The maximum atomic E-state index is 13.5. The molecule has 1 amide bonds. The number of amides is 1. The monoisotopic (exact) mass is 330 g/mol. The van der Waals surface area contributed by atoms with Crippen LogP contribution < -0.4 is 10.6 Å². The minimum Gasteiger partial charge on any atom is -0.483 e. The van der Waals surface area contributed by atoms with E-state index in [1.165, 1.54) is 0 Å². The second kappa shape index (κ2) is 8.79. The molecule has 1 fully saturated rings. The molecule has 126 valence electrons. The lowest BCUT2D eigenvalue weighted by molar-refractivity contribution is -0.122. The molecule has 1 aliphatic heterocycles. The van der Waals surface area contributed by atoms with Crippen molar-refractivity contribution in [3.8, 4) is 11.1 Å². The third-order valence-corrected chi connectivity index (χ3v) is 3.71. The van der Waals surface area contributed by atoms with Gasteiger partial charge in [-0.25, -0.2) is 4.39 Å². The van der Waals surface area contributed by atoms with Gasteiger partial charge in [0.15, 0.2) is 0 Å². The Hall–Kier alpha value is -2.73. The standard InChI is InChI=1S/C17H17FN2O.CH2O2/c18-15-10-19-11-16(15)20-17(21)14-8-6-13(7-9-14)12-4-2-1-3-5-12;2-1-3/h1-9,15-16,19H,10-11H2,(H,20,21);1H,(H,2,3). The number of rotatable bonds is 3. The molecule has 0 aliphatic carbocycles. The zero-order chi connectivity index (χ0) is 17.4. The first-order valence-electron chi connectivity index (χ1n) is 7.54. The van der Waals surface area contributed by atoms with Crippen molar-refractivity contribution >= 4 is 12.4 Å². The highest BCUT2D eigenvalue weighted by Gasteiger charge is 2.28. The van der Waals surface area contributed by atoms with Crippen molar-refractivity contribution in [3.63, 3.8) is 0 Å². The zero-order valence-corrected chi connectivity index (χ0v) is 13.0. The molecule has 2 unspecified atom stereocenters. The highest BCUT2D eigenvalue weighted by molar-refractivity contribution is 5.95. The second-order valence-corrected chi connectivity index (χ2v) is 5.30. The Bertz CT molecular complexity index is 662. The fourth-order valence-electron chi connectivity index (χ4n) is 2.48. The maximum Gasteiger partial charge on any atom is 0.290 e. The van der Waals surface area contributed by atoms with Crippen molar-refractivity contribution < 1.29 is 19.1 Å². The lowest BCUT2D eigenvalue weighted by Gasteiger charge is -2.14. The van der Waals surface area contributed by atoms with Crippen molar-refractivity contribution in [2.24, 2.45) is 0 Å². The molecule has 0 spiro atoms. The summed E-state index contributed by atoms with van der Waals surface area (Å²) in [6.07, 6.45) is -1.02. The third kappa shape index (κ3) is 4.63. The molecule has 1 heterocycles. The van der Waals surface area contributed by atoms with E-state index in [0.717, 1.165) is 11.1 Å². The van der Waals surface area contributed by atoms with Gasteiger partial charge in [-0.1, -0.05) is 42.5 Å². The molecule has 3 rings (SSSR count). The number of nitrogens with one attached hydrogen (secondary N) is 2. The molecule has 0 radical (unpaired) electrons. The molecular formula is C18H19FN2O3. The van der Waals surface area contributed by atoms with Gasteiger partial charge in [0.2, 0.25) is 0 Å². The minimum atomic E-state index is -1.02. The topological polar surface area (TPSA) is 78.4 Å². The highest BCUT2D eigenvalue weighted by Crippen LogP contribution is 2.19. The first kappa shape index (κ1) is 17.6. The van der Waals surface area contributed by atoms with Gasteiger partial charge in [0.1, 0.15) is 6.17 Å². The van der Waals surface area contributed by atoms with Crippen LogP contribution >= 0.6 is 0 Å². The van der Waals surface area contributed by atoms with Gasteiger partial charge in [-0.05, 0) is 23.3 Å². The van der Waals surface area contributed by atoms with E-state index in [0.29, 0.717) is 18.7 Å². The van der Waals surface area contributed by atoms with Crippen molar-refractivity contribution in [2.75, 3.05) is 13.1 Å². The smallest absolute Gasteiger partial charge is 0.290 e. The first-order valence-corrected chi connectivity index (χ1v) is 7.54. The van der Waals surface area contributed by atoms with Gasteiger partial charge in [0, 0.05) is 18.7 Å². The van der Waals surface area contributed by atoms with Gasteiger partial charge in [-0.2, -0.15) is 0 Å². The van der Waals surface area contributed by atoms with Crippen molar-refractivity contribution in [3.05, 3.63) is 60.2 Å². The number of carboxylic acid groups (broad SMARTS) is 1. The van der Waals surface area contributed by atoms with Crippen molar-refractivity contribution in [1.82, 2.24) is 10.6 Å². The van der Waals surface area contributed by atoms with Crippen molar-refractivity contribution in [2.45, 2.75) is 12.2 Å².